The van der Waals surface area contributed by atoms with Crippen molar-refractivity contribution in [1.29, 1.82) is 0 Å². The molecule has 1 nitrogen and oxygen atoms in total. The second kappa shape index (κ2) is 6.28. The Balaban J connectivity index is 2.10. The Hall–Kier alpha value is -1.20. The predicted molar refractivity (Wildman–Crippen MR) is 90.8 cm³/mol. The zero-order valence-corrected chi connectivity index (χ0v) is 14.9. The maximum Gasteiger partial charge on any atom is 0.150 e. The molecule has 2 rings (SSSR count). The van der Waals surface area contributed by atoms with Gasteiger partial charge in [0, 0.05) is 17.1 Å². The van der Waals surface area contributed by atoms with Gasteiger partial charge >= 0.3 is 0 Å². The van der Waals surface area contributed by atoms with Gasteiger partial charge in [-0.05, 0) is 27.6 Å². The van der Waals surface area contributed by atoms with Crippen LogP contribution in [0.4, 0.5) is 14.5 Å². The van der Waals surface area contributed by atoms with Crippen LogP contribution in [0, 0.1) is 11.6 Å². The molecule has 0 heterocycles. The molecule has 2 aromatic rings. The number of hydrogen-bond acceptors (Lipinski definition) is 1. The van der Waals surface area contributed by atoms with Crippen molar-refractivity contribution >= 4 is 34.9 Å². The van der Waals surface area contributed by atoms with Crippen molar-refractivity contribution in [2.45, 2.75) is 26.2 Å². The first kappa shape index (κ1) is 16.2. The fourth-order valence-corrected chi connectivity index (χ4v) is 3.74. The molecule has 0 fully saturated rings. The van der Waals surface area contributed by atoms with E-state index in [1.54, 1.807) is 0 Å². The molecule has 0 saturated heterocycles. The van der Waals surface area contributed by atoms with E-state index >= 15 is 0 Å². The van der Waals surface area contributed by atoms with Crippen molar-refractivity contribution in [2.24, 2.45) is 0 Å². The molecule has 0 spiro atoms. The normalized spacial score (nSPS) is 11.5. The van der Waals surface area contributed by atoms with Gasteiger partial charge in [-0.2, -0.15) is 0 Å². The Morgan fingerprint density at radius 3 is 2.19 bits per heavy atom. The minimum atomic E-state index is -1.30. The van der Waals surface area contributed by atoms with Gasteiger partial charge in [0.05, 0.1) is 13.8 Å². The molecule has 2 aromatic carbocycles. The molecule has 5 heteroatoms. The molecule has 0 radical (unpaired) electrons. The van der Waals surface area contributed by atoms with E-state index in [-0.39, 0.29) is 5.69 Å². The van der Waals surface area contributed by atoms with Crippen molar-refractivity contribution in [1.82, 2.24) is 0 Å². The zero-order chi connectivity index (χ0) is 15.6. The molecule has 0 aliphatic heterocycles. The van der Waals surface area contributed by atoms with Crippen LogP contribution in [0.3, 0.4) is 0 Å². The summed E-state index contributed by atoms with van der Waals surface area (Å²) in [6.07, 6.45) is 0. The summed E-state index contributed by atoms with van der Waals surface area (Å²) in [5, 5.41) is 4.39. The smallest absolute Gasteiger partial charge is 0.150 e. The fraction of sp³-hybridized carbons (Fsp3) is 0.250. The molecule has 0 aliphatic rings. The van der Waals surface area contributed by atoms with E-state index in [0.717, 1.165) is 11.6 Å². The zero-order valence-electron chi connectivity index (χ0n) is 12.3. The molecule has 112 valence electrons. The van der Waals surface area contributed by atoms with Crippen LogP contribution in [0.25, 0.3) is 0 Å². The van der Waals surface area contributed by atoms with Gasteiger partial charge in [0.15, 0.2) is 0 Å². The fourth-order valence-electron chi connectivity index (χ4n) is 2.02. The highest BCUT2D eigenvalue weighted by Crippen LogP contribution is 2.27. The van der Waals surface area contributed by atoms with Crippen LogP contribution in [0.5, 0.6) is 0 Å². The maximum absolute atomic E-state index is 13.7. The van der Waals surface area contributed by atoms with Crippen LogP contribution >= 0.6 is 15.9 Å². The first-order valence-corrected chi connectivity index (χ1v) is 11.0. The standard InChI is InChI=1S/C16H18BrF2NSi/c1-21(2,3)13-6-4-11(5-7-13)10-20-16-14(17)8-12(18)9-15(16)19/h4-9,20H,10H2,1-3H3. The highest BCUT2D eigenvalue weighted by Gasteiger charge is 2.15. The largest absolute Gasteiger partial charge is 0.378 e. The van der Waals surface area contributed by atoms with Gasteiger partial charge in [-0.25, -0.2) is 8.78 Å². The lowest BCUT2D eigenvalue weighted by atomic mass is 10.2. The van der Waals surface area contributed by atoms with Gasteiger partial charge in [-0.3, -0.25) is 0 Å². The monoisotopic (exact) mass is 369 g/mol. The Labute approximate surface area is 133 Å². The lowest BCUT2D eigenvalue weighted by molar-refractivity contribution is 0.583. The van der Waals surface area contributed by atoms with E-state index in [1.807, 2.05) is 0 Å². The molecule has 0 bridgehead atoms. The Bertz CT molecular complexity index is 613. The third kappa shape index (κ3) is 4.14. The summed E-state index contributed by atoms with van der Waals surface area (Å²) >= 11 is 3.17. The maximum atomic E-state index is 13.7. The number of hydrogen-bond donors (Lipinski definition) is 1. The van der Waals surface area contributed by atoms with Crippen molar-refractivity contribution in [3.63, 3.8) is 0 Å². The summed E-state index contributed by atoms with van der Waals surface area (Å²) in [6.45, 7) is 7.38. The van der Waals surface area contributed by atoms with Gasteiger partial charge in [-0.15, -0.1) is 0 Å². The topological polar surface area (TPSA) is 12.0 Å². The third-order valence-electron chi connectivity index (χ3n) is 3.30. The highest BCUT2D eigenvalue weighted by molar-refractivity contribution is 9.10. The first-order chi connectivity index (χ1) is 9.77. The van der Waals surface area contributed by atoms with Gasteiger partial charge in [0.2, 0.25) is 0 Å². The summed E-state index contributed by atoms with van der Waals surface area (Å²) < 4.78 is 27.1. The van der Waals surface area contributed by atoms with Crippen LogP contribution in [0.15, 0.2) is 40.9 Å². The molecular formula is C16H18BrF2NSi. The van der Waals surface area contributed by atoms with Crippen LogP contribution in [-0.2, 0) is 6.54 Å². The van der Waals surface area contributed by atoms with Crippen LogP contribution in [-0.4, -0.2) is 8.07 Å². The number of nitrogens with one attached hydrogen (secondary N) is 1. The summed E-state index contributed by atoms with van der Waals surface area (Å²) in [7, 11) is -1.30. The Morgan fingerprint density at radius 1 is 1.05 bits per heavy atom. The van der Waals surface area contributed by atoms with Gasteiger partial charge < -0.3 is 5.32 Å². The first-order valence-electron chi connectivity index (χ1n) is 6.75. The molecule has 1 N–H and O–H groups in total. The molecule has 0 aliphatic carbocycles. The minimum Gasteiger partial charge on any atom is -0.378 e. The number of rotatable bonds is 4. The van der Waals surface area contributed by atoms with Crippen LogP contribution in [0.2, 0.25) is 19.6 Å². The van der Waals surface area contributed by atoms with Crippen molar-refractivity contribution < 1.29 is 8.78 Å². The highest BCUT2D eigenvalue weighted by atomic mass is 79.9. The summed E-state index contributed by atoms with van der Waals surface area (Å²) in [4.78, 5) is 0. The number of anilines is 1. The molecule has 21 heavy (non-hydrogen) atoms. The second-order valence-corrected chi connectivity index (χ2v) is 12.0. The van der Waals surface area contributed by atoms with E-state index in [2.05, 4.69) is 65.2 Å². The number of halogens is 3. The summed E-state index contributed by atoms with van der Waals surface area (Å²) in [5.41, 5.74) is 1.35. The Morgan fingerprint density at radius 2 is 1.67 bits per heavy atom. The molecule has 0 amide bonds. The SMILES string of the molecule is C[Si](C)(C)c1ccc(CNc2c(F)cc(F)cc2Br)cc1. The Kier molecular flexibility index (Phi) is 4.83. The molecule has 0 atom stereocenters. The van der Waals surface area contributed by atoms with Crippen LogP contribution in [0.1, 0.15) is 5.56 Å². The third-order valence-corrected chi connectivity index (χ3v) is 5.99. The van der Waals surface area contributed by atoms with Crippen molar-refractivity contribution in [3.8, 4) is 0 Å². The lowest BCUT2D eigenvalue weighted by Gasteiger charge is -2.17. The van der Waals surface area contributed by atoms with Crippen molar-refractivity contribution in [3.05, 3.63) is 58.1 Å². The second-order valence-electron chi connectivity index (χ2n) is 6.04. The van der Waals surface area contributed by atoms with Gasteiger partial charge in [0.1, 0.15) is 11.6 Å². The molecule has 0 unspecified atom stereocenters. The average Bonchev–Trinajstić information content (AvgIpc) is 2.37. The van der Waals surface area contributed by atoms with E-state index in [0.29, 0.717) is 11.0 Å². The van der Waals surface area contributed by atoms with Crippen molar-refractivity contribution in [2.75, 3.05) is 5.32 Å². The van der Waals surface area contributed by atoms with E-state index < -0.39 is 19.7 Å². The lowest BCUT2D eigenvalue weighted by Crippen LogP contribution is -2.37. The predicted octanol–water partition coefficient (Wildman–Crippen LogP) is 4.88. The molecule has 0 aromatic heterocycles. The van der Waals surface area contributed by atoms with Gasteiger partial charge in [0.25, 0.3) is 0 Å². The van der Waals surface area contributed by atoms with E-state index in [1.165, 1.54) is 11.3 Å². The molecule has 0 saturated carbocycles. The number of benzene rings is 2. The summed E-state index contributed by atoms with van der Waals surface area (Å²) in [6, 6.07) is 10.5. The summed E-state index contributed by atoms with van der Waals surface area (Å²) in [5.74, 6) is -1.19. The van der Waals surface area contributed by atoms with E-state index in [9.17, 15) is 8.78 Å². The average molecular weight is 370 g/mol. The van der Waals surface area contributed by atoms with Gasteiger partial charge in [-0.1, -0.05) is 49.1 Å². The molecular weight excluding hydrogens is 352 g/mol. The quantitative estimate of drug-likeness (QED) is 0.756. The minimum absolute atomic E-state index is 0.283. The van der Waals surface area contributed by atoms with Crippen LogP contribution < -0.4 is 10.5 Å². The van der Waals surface area contributed by atoms with E-state index in [4.69, 9.17) is 0 Å².